The van der Waals surface area contributed by atoms with Crippen LogP contribution in [0.5, 0.6) is 0 Å². The van der Waals surface area contributed by atoms with Crippen molar-refractivity contribution in [1.29, 1.82) is 0 Å². The zero-order valence-corrected chi connectivity index (χ0v) is 35.2. The molecule has 5 unspecified atom stereocenters. The third-order valence-corrected chi connectivity index (χ3v) is 14.5. The third kappa shape index (κ3) is 11.3. The number of fused-ring (bicyclic) bond motifs is 5. The normalized spacial score (nSPS) is 32.8. The van der Waals surface area contributed by atoms with Gasteiger partial charge in [0.15, 0.2) is 0 Å². The molecule has 8 nitrogen and oxygen atoms in total. The minimum absolute atomic E-state index is 0.0681. The number of hydrogen-bond donors (Lipinski definition) is 2. The number of amides is 1. The van der Waals surface area contributed by atoms with Gasteiger partial charge in [-0.25, -0.2) is 9.36 Å². The molecule has 3 fully saturated rings. The van der Waals surface area contributed by atoms with Crippen LogP contribution in [0.2, 0.25) is 0 Å². The Morgan fingerprint density at radius 2 is 1.69 bits per heavy atom. The summed E-state index contributed by atoms with van der Waals surface area (Å²) >= 11 is 0. The van der Waals surface area contributed by atoms with E-state index in [1.165, 1.54) is 51.4 Å². The molecule has 4 rings (SSSR count). The smallest absolute Gasteiger partial charge is 0.446 e. The van der Waals surface area contributed by atoms with E-state index in [0.29, 0.717) is 25.0 Å². The Morgan fingerprint density at radius 3 is 2.37 bits per heavy atom. The topological polar surface area (TPSA) is 103 Å². The summed E-state index contributed by atoms with van der Waals surface area (Å²) < 4.78 is 34.5. The molecule has 0 aromatic carbocycles. The first-order valence-electron chi connectivity index (χ1n) is 20.6. The Balaban J connectivity index is 1.21. The van der Waals surface area contributed by atoms with Crippen molar-refractivity contribution in [3.05, 3.63) is 11.6 Å². The predicted molar refractivity (Wildman–Crippen MR) is 206 cm³/mol. The van der Waals surface area contributed by atoms with Gasteiger partial charge in [-0.3, -0.25) is 9.05 Å². The third-order valence-electron chi connectivity index (χ3n) is 13.6. The lowest BCUT2D eigenvalue weighted by molar-refractivity contribution is -0.0827. The van der Waals surface area contributed by atoms with E-state index in [2.05, 4.69) is 59.9 Å². The highest BCUT2D eigenvalue weighted by atomic mass is 31.2. The van der Waals surface area contributed by atoms with Gasteiger partial charge in [0.2, 0.25) is 0 Å². The van der Waals surface area contributed by atoms with E-state index in [9.17, 15) is 14.3 Å². The van der Waals surface area contributed by atoms with Crippen LogP contribution in [0.3, 0.4) is 0 Å². The number of carbonyl (C=O) groups excluding carboxylic acids is 1. The number of carbonyl (C=O) groups is 1. The number of hydrogen-bond acceptors (Lipinski definition) is 6. The van der Waals surface area contributed by atoms with Crippen LogP contribution >= 0.6 is 7.82 Å². The van der Waals surface area contributed by atoms with Gasteiger partial charge in [-0.15, -0.1) is 0 Å². The van der Waals surface area contributed by atoms with Crippen LogP contribution in [0.25, 0.3) is 0 Å². The summed E-state index contributed by atoms with van der Waals surface area (Å²) in [5, 5.41) is 2.99. The molecule has 51 heavy (non-hydrogen) atoms. The molecule has 0 aromatic rings. The van der Waals surface area contributed by atoms with Crippen molar-refractivity contribution in [3.63, 3.8) is 0 Å². The summed E-state index contributed by atoms with van der Waals surface area (Å²) in [6.07, 6.45) is 16.7. The number of phosphoric acid groups is 1. The average Bonchev–Trinajstić information content (AvgIpc) is 3.39. The Bertz CT molecular complexity index is 1230. The Hall–Kier alpha value is -0.920. The molecule has 0 saturated heterocycles. The van der Waals surface area contributed by atoms with E-state index in [4.69, 9.17) is 18.5 Å². The van der Waals surface area contributed by atoms with Gasteiger partial charge in [0, 0.05) is 13.0 Å². The molecule has 1 amide bonds. The summed E-state index contributed by atoms with van der Waals surface area (Å²) in [6.45, 7) is 25.1. The number of ether oxygens (including phenoxy) is 2. The van der Waals surface area contributed by atoms with Crippen molar-refractivity contribution < 1.29 is 32.8 Å². The van der Waals surface area contributed by atoms with Crippen molar-refractivity contribution in [3.8, 4) is 0 Å². The fraction of sp³-hybridized carbons (Fsp3) is 0.929. The Morgan fingerprint density at radius 1 is 0.961 bits per heavy atom. The van der Waals surface area contributed by atoms with Crippen LogP contribution < -0.4 is 5.32 Å². The van der Waals surface area contributed by atoms with Gasteiger partial charge in [-0.05, 0) is 123 Å². The molecule has 0 aliphatic heterocycles. The fourth-order valence-corrected chi connectivity index (χ4v) is 11.5. The fourth-order valence-electron chi connectivity index (χ4n) is 10.5. The second-order valence-electron chi connectivity index (χ2n) is 19.9. The highest BCUT2D eigenvalue weighted by Crippen LogP contribution is 2.67. The first kappa shape index (κ1) is 42.8. The van der Waals surface area contributed by atoms with Gasteiger partial charge in [-0.1, -0.05) is 93.2 Å². The molecule has 0 bridgehead atoms. The second-order valence-corrected chi connectivity index (χ2v) is 21.3. The molecule has 2 N–H and O–H groups in total. The number of nitrogens with one attached hydrogen (secondary N) is 1. The number of alkyl carbamates (subject to hydrolysis) is 1. The molecule has 0 heterocycles. The molecular weight excluding hydrogens is 661 g/mol. The van der Waals surface area contributed by atoms with Crippen LogP contribution in [0.1, 0.15) is 153 Å². The minimum atomic E-state index is -4.13. The maximum Gasteiger partial charge on any atom is 0.472 e. The van der Waals surface area contributed by atoms with Crippen LogP contribution in [0.4, 0.5) is 4.79 Å². The van der Waals surface area contributed by atoms with Crippen molar-refractivity contribution in [1.82, 2.24) is 5.32 Å². The lowest BCUT2D eigenvalue weighted by atomic mass is 9.47. The van der Waals surface area contributed by atoms with Crippen LogP contribution in [-0.4, -0.2) is 49.1 Å². The van der Waals surface area contributed by atoms with Crippen LogP contribution in [0, 0.1) is 57.7 Å². The van der Waals surface area contributed by atoms with Crippen molar-refractivity contribution in [2.45, 2.75) is 165 Å². The maximum atomic E-state index is 12.9. The van der Waals surface area contributed by atoms with E-state index < -0.39 is 13.4 Å². The molecule has 0 spiro atoms. The molecule has 9 heteroatoms. The van der Waals surface area contributed by atoms with Crippen molar-refractivity contribution >= 4 is 13.9 Å². The second kappa shape index (κ2) is 17.3. The largest absolute Gasteiger partial charge is 0.472 e. The molecule has 0 radical (unpaired) electrons. The molecular formula is C42H76NO7P. The highest BCUT2D eigenvalue weighted by Gasteiger charge is 2.59. The molecule has 4 aliphatic carbocycles. The highest BCUT2D eigenvalue weighted by molar-refractivity contribution is 7.47. The zero-order valence-electron chi connectivity index (χ0n) is 34.4. The number of rotatable bonds is 18. The predicted octanol–water partition coefficient (Wildman–Crippen LogP) is 11.1. The summed E-state index contributed by atoms with van der Waals surface area (Å²) in [5.41, 5.74) is 1.26. The summed E-state index contributed by atoms with van der Waals surface area (Å²) in [7, 11) is -4.13. The molecule has 9 atom stereocenters. The van der Waals surface area contributed by atoms with Gasteiger partial charge < -0.3 is 19.7 Å². The van der Waals surface area contributed by atoms with Gasteiger partial charge >= 0.3 is 13.9 Å². The molecule has 296 valence electrons. The summed E-state index contributed by atoms with van der Waals surface area (Å²) in [5.74, 6) is 5.06. The number of allylic oxidation sites excluding steroid dienone is 1. The van der Waals surface area contributed by atoms with Gasteiger partial charge in [0.05, 0.1) is 25.4 Å². The maximum absolute atomic E-state index is 12.9. The Kier molecular flexibility index (Phi) is 14.5. The van der Waals surface area contributed by atoms with E-state index in [0.717, 1.165) is 54.8 Å². The van der Waals surface area contributed by atoms with Crippen LogP contribution in [0.15, 0.2) is 11.6 Å². The lowest BCUT2D eigenvalue weighted by Crippen LogP contribution is -2.51. The zero-order chi connectivity index (χ0) is 37.8. The summed E-state index contributed by atoms with van der Waals surface area (Å²) in [4.78, 5) is 22.9. The number of phosphoric ester groups is 1. The average molecular weight is 738 g/mol. The minimum Gasteiger partial charge on any atom is -0.446 e. The van der Waals surface area contributed by atoms with Crippen LogP contribution in [-0.2, 0) is 23.1 Å². The van der Waals surface area contributed by atoms with E-state index >= 15 is 0 Å². The van der Waals surface area contributed by atoms with Crippen molar-refractivity contribution in [2.24, 2.45) is 57.7 Å². The molecule has 0 aromatic heterocycles. The standard InChI is InChI=1S/C42H76NO7P/c1-29(2)13-12-14-31(5)35-17-18-36-34-16-15-32-25-33(19-21-41(32,10)37(34)20-22-42(35,36)11)50-38(44)43-24-23-39(6,7)27-47-40(8,9)28-49-51(45,46)48-26-30(3)4/h15,29-31,33-37H,12-14,16-28H2,1-11H3,(H,43,44)(H,45,46)/t31-,33+,34?,35?,36?,37?,41+,42-/m1/s1. The first-order valence-corrected chi connectivity index (χ1v) is 22.1. The Labute approximate surface area is 311 Å². The van der Waals surface area contributed by atoms with Gasteiger partial charge in [-0.2, -0.15) is 0 Å². The lowest BCUT2D eigenvalue weighted by Gasteiger charge is -2.58. The van der Waals surface area contributed by atoms with E-state index in [-0.39, 0.29) is 42.2 Å². The molecule has 3 saturated carbocycles. The van der Waals surface area contributed by atoms with E-state index in [1.807, 2.05) is 27.7 Å². The first-order chi connectivity index (χ1) is 23.7. The summed E-state index contributed by atoms with van der Waals surface area (Å²) in [6, 6.07) is 0. The van der Waals surface area contributed by atoms with Gasteiger partial charge in [0.1, 0.15) is 6.10 Å². The monoisotopic (exact) mass is 738 g/mol. The van der Waals surface area contributed by atoms with Gasteiger partial charge in [0.25, 0.3) is 0 Å². The molecule has 4 aliphatic rings. The quantitative estimate of drug-likeness (QED) is 0.107. The SMILES string of the molecule is CC(C)CCC[C@@H](C)C1CCC2C3CC=C4C[C@@H](OC(=O)NCCC(C)(C)COC(C)(C)COP(=O)(O)OCC(C)C)CC[C@]4(C)C3CC[C@@]21C. The van der Waals surface area contributed by atoms with E-state index in [1.54, 1.807) is 5.57 Å². The van der Waals surface area contributed by atoms with Crippen molar-refractivity contribution in [2.75, 3.05) is 26.4 Å².